The molecule has 0 aliphatic heterocycles. The second kappa shape index (κ2) is 10.7. The summed E-state index contributed by atoms with van der Waals surface area (Å²) in [5.74, 6) is -1.74. The number of oxime groups is 1. The van der Waals surface area contributed by atoms with Crippen molar-refractivity contribution in [2.75, 3.05) is 14.1 Å². The second-order valence-electron chi connectivity index (χ2n) is 5.79. The third-order valence-electron chi connectivity index (χ3n) is 3.72. The Morgan fingerprint density at radius 3 is 1.45 bits per heavy atom. The maximum atomic E-state index is 12.4. The molecule has 0 atom stereocenters. The van der Waals surface area contributed by atoms with Crippen molar-refractivity contribution in [2.45, 2.75) is 0 Å². The predicted octanol–water partition coefficient (Wildman–Crippen LogP) is -0.564. The van der Waals surface area contributed by atoms with Crippen LogP contribution in [0.4, 0.5) is 0 Å². The molecule has 0 bridgehead atoms. The van der Waals surface area contributed by atoms with Gasteiger partial charge in [-0.1, -0.05) is 0 Å². The number of hydrazine groups is 2. The number of carbonyl (C=O) groups is 2. The molecule has 29 heavy (non-hydrogen) atoms. The summed E-state index contributed by atoms with van der Waals surface area (Å²) in [5, 5.41) is 14.9. The molecule has 2 aromatic rings. The van der Waals surface area contributed by atoms with E-state index in [4.69, 9.17) is 0 Å². The van der Waals surface area contributed by atoms with Crippen LogP contribution in [0.15, 0.2) is 65.8 Å². The standard InChI is InChI=1S/C19H19N5O3Se2/c1-23(18(28)13-9-5-3-6-10-13)20-16(25)15(22-27)17(26)21-24(2)19(29)14-11-7-4-8-12-14/h3-12,27H,1-2H3,(H,20,25)(H,21,26). The number of carbonyl (C=O) groups excluding carboxylic acids is 2. The van der Waals surface area contributed by atoms with Crippen molar-refractivity contribution >= 4 is 57.8 Å². The minimum absolute atomic E-state index is 0.622. The molecule has 8 nitrogen and oxygen atoms in total. The zero-order valence-electron chi connectivity index (χ0n) is 15.7. The third kappa shape index (κ3) is 6.10. The minimum atomic E-state index is -0.870. The summed E-state index contributed by atoms with van der Waals surface area (Å²) in [5.41, 5.74) is 5.96. The summed E-state index contributed by atoms with van der Waals surface area (Å²) in [7, 11) is 3.19. The van der Waals surface area contributed by atoms with Gasteiger partial charge in [-0.15, -0.1) is 0 Å². The number of hydrogen-bond donors (Lipinski definition) is 3. The van der Waals surface area contributed by atoms with Crippen molar-refractivity contribution in [1.82, 2.24) is 20.9 Å². The van der Waals surface area contributed by atoms with Gasteiger partial charge in [0.05, 0.1) is 0 Å². The van der Waals surface area contributed by atoms with Gasteiger partial charge in [0.15, 0.2) is 0 Å². The zero-order chi connectivity index (χ0) is 21.4. The summed E-state index contributed by atoms with van der Waals surface area (Å²) in [6.07, 6.45) is 0. The molecule has 150 valence electrons. The molecular formula is C19H19N5O3Se2. The fourth-order valence-corrected chi connectivity index (χ4v) is 3.02. The van der Waals surface area contributed by atoms with Crippen LogP contribution in [-0.2, 0) is 9.59 Å². The Kier molecular flexibility index (Phi) is 8.30. The van der Waals surface area contributed by atoms with E-state index in [1.165, 1.54) is 10.0 Å². The molecular weight excluding hydrogens is 504 g/mol. The van der Waals surface area contributed by atoms with Gasteiger partial charge in [-0.3, -0.25) is 0 Å². The molecule has 0 radical (unpaired) electrons. The summed E-state index contributed by atoms with van der Waals surface area (Å²) >= 11 is 5.72. The van der Waals surface area contributed by atoms with Gasteiger partial charge in [0.2, 0.25) is 0 Å². The molecule has 2 rings (SSSR count). The molecule has 2 aromatic carbocycles. The van der Waals surface area contributed by atoms with E-state index in [0.717, 1.165) is 11.1 Å². The molecule has 0 heterocycles. The first-order chi connectivity index (χ1) is 13.8. The van der Waals surface area contributed by atoms with Crippen molar-refractivity contribution in [1.29, 1.82) is 0 Å². The average Bonchev–Trinajstić information content (AvgIpc) is 2.74. The van der Waals surface area contributed by atoms with Crippen LogP contribution in [0.2, 0.25) is 0 Å². The number of benzene rings is 2. The van der Waals surface area contributed by atoms with E-state index >= 15 is 0 Å². The summed E-state index contributed by atoms with van der Waals surface area (Å²) < 4.78 is 1.24. The quantitative estimate of drug-likeness (QED) is 0.142. The van der Waals surface area contributed by atoms with Gasteiger partial charge in [-0.25, -0.2) is 0 Å². The summed E-state index contributed by atoms with van der Waals surface area (Å²) in [6, 6.07) is 18.6. The fraction of sp³-hybridized carbons (Fsp3) is 0.105. The van der Waals surface area contributed by atoms with Crippen molar-refractivity contribution < 1.29 is 14.8 Å². The van der Waals surface area contributed by atoms with Crippen LogP contribution in [0.1, 0.15) is 11.1 Å². The van der Waals surface area contributed by atoms with Crippen molar-refractivity contribution in [3.05, 3.63) is 71.8 Å². The Hall–Kier alpha value is -2.77. The topological polar surface area (TPSA) is 97.3 Å². The fourth-order valence-electron chi connectivity index (χ4n) is 2.25. The van der Waals surface area contributed by atoms with E-state index in [1.54, 1.807) is 14.1 Å². The van der Waals surface area contributed by atoms with Crippen LogP contribution in [0.25, 0.3) is 0 Å². The van der Waals surface area contributed by atoms with Crippen molar-refractivity contribution in [2.24, 2.45) is 5.16 Å². The van der Waals surface area contributed by atoms with E-state index in [-0.39, 0.29) is 0 Å². The van der Waals surface area contributed by atoms with E-state index in [9.17, 15) is 14.8 Å². The Morgan fingerprint density at radius 1 is 0.793 bits per heavy atom. The monoisotopic (exact) mass is 525 g/mol. The Morgan fingerprint density at radius 2 is 1.14 bits per heavy atom. The van der Waals surface area contributed by atoms with Gasteiger partial charge in [-0.2, -0.15) is 0 Å². The second-order valence-corrected chi connectivity index (χ2v) is 7.41. The van der Waals surface area contributed by atoms with Crippen LogP contribution in [0.5, 0.6) is 0 Å². The summed E-state index contributed by atoms with van der Waals surface area (Å²) in [6.45, 7) is 0. The molecule has 0 fully saturated rings. The molecule has 0 unspecified atom stereocenters. The van der Waals surface area contributed by atoms with Gasteiger partial charge < -0.3 is 0 Å². The zero-order valence-corrected chi connectivity index (χ0v) is 19.1. The summed E-state index contributed by atoms with van der Waals surface area (Å²) in [4.78, 5) is 24.8. The van der Waals surface area contributed by atoms with Gasteiger partial charge in [0, 0.05) is 0 Å². The maximum absolute atomic E-state index is 12.4. The number of rotatable bonds is 8. The normalized spacial score (nSPS) is 9.72. The third-order valence-corrected chi connectivity index (χ3v) is 5.86. The molecule has 3 N–H and O–H groups in total. The molecule has 10 heteroatoms. The van der Waals surface area contributed by atoms with Gasteiger partial charge in [0.1, 0.15) is 0 Å². The van der Waals surface area contributed by atoms with Gasteiger partial charge in [-0.05, 0) is 0 Å². The number of hydrogen-bond acceptors (Lipinski definition) is 6. The predicted molar refractivity (Wildman–Crippen MR) is 114 cm³/mol. The first-order valence-electron chi connectivity index (χ1n) is 8.35. The van der Waals surface area contributed by atoms with Crippen LogP contribution in [-0.4, -0.2) is 87.1 Å². The van der Waals surface area contributed by atoms with Gasteiger partial charge in [0.25, 0.3) is 0 Å². The van der Waals surface area contributed by atoms with Crippen LogP contribution < -0.4 is 10.9 Å². The number of nitrogens with zero attached hydrogens (tertiary/aromatic N) is 3. The molecule has 0 saturated heterocycles. The average molecular weight is 523 g/mol. The first-order valence-corrected chi connectivity index (χ1v) is 10.1. The number of amides is 2. The van der Waals surface area contributed by atoms with Crippen molar-refractivity contribution in [3.8, 4) is 0 Å². The molecule has 0 aromatic heterocycles. The molecule has 2 amide bonds. The van der Waals surface area contributed by atoms with E-state index in [0.29, 0.717) is 9.08 Å². The Balaban J connectivity index is 2.00. The molecule has 0 spiro atoms. The van der Waals surface area contributed by atoms with Gasteiger partial charge >= 0.3 is 184 Å². The molecule has 0 aliphatic rings. The Labute approximate surface area is 184 Å². The first kappa shape index (κ1) is 22.5. The van der Waals surface area contributed by atoms with Crippen molar-refractivity contribution in [3.63, 3.8) is 0 Å². The van der Waals surface area contributed by atoms with E-state index in [1.807, 2.05) is 60.7 Å². The van der Waals surface area contributed by atoms with Crippen LogP contribution in [0.3, 0.4) is 0 Å². The molecule has 0 saturated carbocycles. The number of nitrogens with one attached hydrogen (secondary N) is 2. The van der Waals surface area contributed by atoms with Crippen LogP contribution >= 0.6 is 0 Å². The van der Waals surface area contributed by atoms with E-state index in [2.05, 4.69) is 47.2 Å². The SMILES string of the molecule is CN(NC(=O)C(=NO)C(=O)NN(C)C(=[Se])c1ccccc1)C(=[Se])c1ccccc1. The molecule has 0 aliphatic carbocycles. The van der Waals surface area contributed by atoms with Crippen LogP contribution in [0, 0.1) is 0 Å². The van der Waals surface area contributed by atoms with E-state index < -0.39 is 17.5 Å². The Bertz CT molecular complexity index is 862.